The van der Waals surface area contributed by atoms with Gasteiger partial charge in [-0.1, -0.05) is 56.5 Å². The lowest BCUT2D eigenvalue weighted by Crippen LogP contribution is -2.48. The monoisotopic (exact) mass is 358 g/mol. The molecule has 1 aliphatic heterocycles. The quantitative estimate of drug-likeness (QED) is 0.811. The predicted molar refractivity (Wildman–Crippen MR) is 105 cm³/mol. The number of likely N-dealkylation sites (N-methyl/N-ethyl adjacent to an activating group) is 1. The van der Waals surface area contributed by atoms with E-state index in [1.54, 1.807) is 0 Å². The highest BCUT2D eigenvalue weighted by Gasteiger charge is 2.35. The van der Waals surface area contributed by atoms with Gasteiger partial charge in [0.2, 0.25) is 5.91 Å². The van der Waals surface area contributed by atoms with E-state index < -0.39 is 0 Å². The molecule has 2 aliphatic rings. The molecule has 1 aromatic carbocycles. The molecule has 0 aromatic heterocycles. The molecule has 0 unspecified atom stereocenters. The highest BCUT2D eigenvalue weighted by molar-refractivity contribution is 5.78. The van der Waals surface area contributed by atoms with E-state index in [1.807, 2.05) is 0 Å². The normalized spacial score (nSPS) is 20.8. The maximum Gasteiger partial charge on any atom is 0.234 e. The van der Waals surface area contributed by atoms with Gasteiger partial charge in [-0.3, -0.25) is 9.69 Å². The number of nitrogens with one attached hydrogen (secondary N) is 1. The molecule has 0 radical (unpaired) electrons. The maximum atomic E-state index is 12.7. The number of hydrogen-bond donors (Lipinski definition) is 1. The number of rotatable bonds is 7. The van der Waals surface area contributed by atoms with Gasteiger partial charge in [-0.15, -0.1) is 0 Å². The summed E-state index contributed by atoms with van der Waals surface area (Å²) in [7, 11) is 0. The Kier molecular flexibility index (Phi) is 7.09. The summed E-state index contributed by atoms with van der Waals surface area (Å²) in [6.07, 6.45) is 8.38. The summed E-state index contributed by atoms with van der Waals surface area (Å²) in [4.78, 5) is 15.1. The zero-order valence-electron chi connectivity index (χ0n) is 16.2. The van der Waals surface area contributed by atoms with Crippen molar-refractivity contribution in [3.8, 4) is 0 Å². The maximum absolute atomic E-state index is 12.7. The van der Waals surface area contributed by atoms with E-state index >= 15 is 0 Å². The molecular weight excluding hydrogens is 324 g/mol. The van der Waals surface area contributed by atoms with Crippen LogP contribution in [0.1, 0.15) is 57.4 Å². The molecule has 0 bridgehead atoms. The van der Waals surface area contributed by atoms with Crippen LogP contribution in [0.4, 0.5) is 0 Å². The minimum atomic E-state index is 0.0110. The van der Waals surface area contributed by atoms with Crippen LogP contribution in [0.15, 0.2) is 30.3 Å². The van der Waals surface area contributed by atoms with E-state index in [0.717, 1.165) is 32.6 Å². The fourth-order valence-electron chi connectivity index (χ4n) is 4.57. The molecule has 1 amide bonds. The summed E-state index contributed by atoms with van der Waals surface area (Å²) in [5, 5.41) is 3.26. The van der Waals surface area contributed by atoms with E-state index in [9.17, 15) is 4.79 Å². The molecule has 4 heteroatoms. The van der Waals surface area contributed by atoms with Crippen LogP contribution in [0, 0.1) is 0 Å². The standard InChI is InChI=1S/C22H34N2O2/c1-2-24(20-11-7-4-8-12-20)17-21(25)23-18-22(13-15-26-16-14-22)19-9-5-3-6-10-19/h3,5-6,9-10,20H,2,4,7-8,11-18H2,1H3,(H,23,25). The number of nitrogens with zero attached hydrogens (tertiary/aromatic N) is 1. The minimum Gasteiger partial charge on any atom is -0.381 e. The van der Waals surface area contributed by atoms with E-state index in [0.29, 0.717) is 19.1 Å². The molecule has 3 rings (SSSR count). The van der Waals surface area contributed by atoms with Gasteiger partial charge in [-0.05, 0) is 37.8 Å². The molecule has 1 heterocycles. The molecule has 1 N–H and O–H groups in total. The van der Waals surface area contributed by atoms with Crippen LogP contribution in [0.2, 0.25) is 0 Å². The van der Waals surface area contributed by atoms with Crippen LogP contribution in [0.25, 0.3) is 0 Å². The fourth-order valence-corrected chi connectivity index (χ4v) is 4.57. The summed E-state index contributed by atoms with van der Waals surface area (Å²) in [6, 6.07) is 11.2. The first-order chi connectivity index (χ1) is 12.7. The molecule has 0 spiro atoms. The van der Waals surface area contributed by atoms with Crippen molar-refractivity contribution in [2.75, 3.05) is 32.8 Å². The number of amides is 1. The SMILES string of the molecule is CCN(CC(=O)NCC1(c2ccccc2)CCOCC1)C1CCCCC1. The summed E-state index contributed by atoms with van der Waals surface area (Å²) < 4.78 is 5.59. The van der Waals surface area contributed by atoms with Gasteiger partial charge in [-0.2, -0.15) is 0 Å². The number of hydrogen-bond acceptors (Lipinski definition) is 3. The van der Waals surface area contributed by atoms with Crippen molar-refractivity contribution in [1.29, 1.82) is 0 Å². The Morgan fingerprint density at radius 2 is 1.85 bits per heavy atom. The molecule has 1 saturated heterocycles. The lowest BCUT2D eigenvalue weighted by atomic mass is 9.74. The Bertz CT molecular complexity index is 549. The van der Waals surface area contributed by atoms with Crippen molar-refractivity contribution in [2.24, 2.45) is 0 Å². The number of ether oxygens (including phenoxy) is 1. The van der Waals surface area contributed by atoms with Gasteiger partial charge < -0.3 is 10.1 Å². The molecule has 144 valence electrons. The van der Waals surface area contributed by atoms with Gasteiger partial charge in [0.1, 0.15) is 0 Å². The summed E-state index contributed by atoms with van der Waals surface area (Å²) in [5.41, 5.74) is 1.33. The average Bonchev–Trinajstić information content (AvgIpc) is 2.72. The Balaban J connectivity index is 1.58. The van der Waals surface area contributed by atoms with Crippen LogP contribution >= 0.6 is 0 Å². The van der Waals surface area contributed by atoms with E-state index in [-0.39, 0.29) is 11.3 Å². The van der Waals surface area contributed by atoms with Gasteiger partial charge >= 0.3 is 0 Å². The molecule has 2 fully saturated rings. The molecule has 26 heavy (non-hydrogen) atoms. The highest BCUT2D eigenvalue weighted by Crippen LogP contribution is 2.34. The first-order valence-corrected chi connectivity index (χ1v) is 10.4. The minimum absolute atomic E-state index is 0.0110. The topological polar surface area (TPSA) is 41.6 Å². The van der Waals surface area contributed by atoms with E-state index in [4.69, 9.17) is 4.74 Å². The fraction of sp³-hybridized carbons (Fsp3) is 0.682. The van der Waals surface area contributed by atoms with Crippen LogP contribution < -0.4 is 5.32 Å². The molecule has 1 aliphatic carbocycles. The number of carbonyl (C=O) groups excluding carboxylic acids is 1. The molecule has 1 aromatic rings. The van der Waals surface area contributed by atoms with Crippen molar-refractivity contribution in [3.63, 3.8) is 0 Å². The van der Waals surface area contributed by atoms with Crippen molar-refractivity contribution in [1.82, 2.24) is 10.2 Å². The van der Waals surface area contributed by atoms with Gasteiger partial charge in [0.05, 0.1) is 6.54 Å². The van der Waals surface area contributed by atoms with Crippen LogP contribution in [0.3, 0.4) is 0 Å². The first-order valence-electron chi connectivity index (χ1n) is 10.4. The Hall–Kier alpha value is -1.39. The Morgan fingerprint density at radius 1 is 1.15 bits per heavy atom. The van der Waals surface area contributed by atoms with Gasteiger partial charge in [0, 0.05) is 31.2 Å². The van der Waals surface area contributed by atoms with Gasteiger partial charge in [0.25, 0.3) is 0 Å². The molecular formula is C22H34N2O2. The first kappa shape index (κ1) is 19.4. The molecule has 1 saturated carbocycles. The van der Waals surface area contributed by atoms with E-state index in [1.165, 1.54) is 37.7 Å². The summed E-state index contributed by atoms with van der Waals surface area (Å²) >= 11 is 0. The summed E-state index contributed by atoms with van der Waals surface area (Å²) in [6.45, 7) is 5.91. The van der Waals surface area contributed by atoms with E-state index in [2.05, 4.69) is 47.5 Å². The van der Waals surface area contributed by atoms with Crippen molar-refractivity contribution in [3.05, 3.63) is 35.9 Å². The third-order valence-corrected chi connectivity index (χ3v) is 6.30. The van der Waals surface area contributed by atoms with Crippen molar-refractivity contribution < 1.29 is 9.53 Å². The van der Waals surface area contributed by atoms with Crippen molar-refractivity contribution >= 4 is 5.91 Å². The van der Waals surface area contributed by atoms with Crippen LogP contribution in [0.5, 0.6) is 0 Å². The molecule has 4 nitrogen and oxygen atoms in total. The zero-order chi connectivity index (χ0) is 18.2. The Morgan fingerprint density at radius 3 is 2.50 bits per heavy atom. The zero-order valence-corrected chi connectivity index (χ0v) is 16.2. The smallest absolute Gasteiger partial charge is 0.234 e. The third-order valence-electron chi connectivity index (χ3n) is 6.30. The van der Waals surface area contributed by atoms with Crippen LogP contribution in [-0.2, 0) is 14.9 Å². The van der Waals surface area contributed by atoms with Gasteiger partial charge in [-0.25, -0.2) is 0 Å². The number of carbonyl (C=O) groups is 1. The lowest BCUT2D eigenvalue weighted by molar-refractivity contribution is -0.123. The second-order valence-electron chi connectivity index (χ2n) is 7.89. The largest absolute Gasteiger partial charge is 0.381 e. The predicted octanol–water partition coefficient (Wildman–Crippen LogP) is 3.51. The molecule has 0 atom stereocenters. The van der Waals surface area contributed by atoms with Gasteiger partial charge in [0.15, 0.2) is 0 Å². The lowest BCUT2D eigenvalue weighted by Gasteiger charge is -2.38. The second-order valence-corrected chi connectivity index (χ2v) is 7.89. The summed E-state index contributed by atoms with van der Waals surface area (Å²) in [5.74, 6) is 0.166. The average molecular weight is 359 g/mol. The number of benzene rings is 1. The van der Waals surface area contributed by atoms with Crippen LogP contribution in [-0.4, -0.2) is 49.7 Å². The van der Waals surface area contributed by atoms with Crippen molar-refractivity contribution in [2.45, 2.75) is 63.3 Å². The second kappa shape index (κ2) is 9.52. The Labute approximate surface area is 158 Å². The third kappa shape index (κ3) is 4.86. The highest BCUT2D eigenvalue weighted by atomic mass is 16.5.